The first-order valence-electron chi connectivity index (χ1n) is 4.81. The third-order valence-corrected chi connectivity index (χ3v) is 2.38. The molecule has 19 heavy (non-hydrogen) atoms. The van der Waals surface area contributed by atoms with Crippen LogP contribution in [0.2, 0.25) is 0 Å². The molecule has 1 aromatic carbocycles. The molecule has 0 N–H and O–H groups in total. The van der Waals surface area contributed by atoms with Gasteiger partial charge in [-0.2, -0.15) is 26.3 Å². The molecule has 0 aliphatic carbocycles. The van der Waals surface area contributed by atoms with Gasteiger partial charge in [-0.25, -0.2) is 4.79 Å². The molecule has 0 atom stereocenters. The predicted molar refractivity (Wildman–Crippen MR) is 52.5 cm³/mol. The van der Waals surface area contributed by atoms with Crippen LogP contribution in [0.3, 0.4) is 0 Å². The molecule has 0 aliphatic rings. The molecule has 0 fully saturated rings. The second kappa shape index (κ2) is 4.01. The first kappa shape index (κ1) is 13.4. The summed E-state index contributed by atoms with van der Waals surface area (Å²) in [6.07, 6.45) is -9.59. The summed E-state index contributed by atoms with van der Waals surface area (Å²) in [6, 6.07) is 1.70. The number of hydrogen-bond acceptors (Lipinski definition) is 2. The van der Waals surface area contributed by atoms with Crippen LogP contribution in [0.1, 0.15) is 11.1 Å². The Kier molecular flexibility index (Phi) is 2.83. The topological polar surface area (TPSA) is 30.2 Å². The molecule has 0 radical (unpaired) electrons. The molecule has 1 aromatic heterocycles. The lowest BCUT2D eigenvalue weighted by atomic mass is 10.1. The van der Waals surface area contributed by atoms with E-state index in [9.17, 15) is 31.1 Å². The summed E-state index contributed by atoms with van der Waals surface area (Å²) < 4.78 is 79.5. The maximum Gasteiger partial charge on any atom is 0.417 e. The largest absolute Gasteiger partial charge is 0.423 e. The van der Waals surface area contributed by atoms with Crippen LogP contribution in [-0.2, 0) is 12.4 Å². The maximum absolute atomic E-state index is 12.6. The van der Waals surface area contributed by atoms with Crippen molar-refractivity contribution in [3.63, 3.8) is 0 Å². The first-order valence-corrected chi connectivity index (χ1v) is 4.81. The Labute approximate surface area is 101 Å². The second-order valence-electron chi connectivity index (χ2n) is 3.69. The molecule has 0 spiro atoms. The molecule has 0 amide bonds. The highest BCUT2D eigenvalue weighted by molar-refractivity contribution is 5.81. The molecule has 2 aromatic rings. The molecule has 102 valence electrons. The van der Waals surface area contributed by atoms with E-state index in [0.29, 0.717) is 18.2 Å². The number of halogens is 6. The average Bonchev–Trinajstić information content (AvgIpc) is 2.24. The van der Waals surface area contributed by atoms with Crippen molar-refractivity contribution in [1.82, 2.24) is 0 Å². The molecular weight excluding hydrogens is 278 g/mol. The highest BCUT2D eigenvalue weighted by atomic mass is 19.4. The van der Waals surface area contributed by atoms with Gasteiger partial charge in [0.25, 0.3) is 0 Å². The van der Waals surface area contributed by atoms with E-state index in [0.717, 1.165) is 0 Å². The Morgan fingerprint density at radius 2 is 1.53 bits per heavy atom. The number of rotatable bonds is 0. The molecule has 1 heterocycles. The standard InChI is InChI=1S/C11H4F6O2/c12-10(13,14)5-1-2-6-7(11(15,16)17)4-9(18)19-8(6)3-5/h1-4H. The molecule has 0 saturated heterocycles. The van der Waals surface area contributed by atoms with Crippen LogP contribution in [0.4, 0.5) is 26.3 Å². The quantitative estimate of drug-likeness (QED) is 0.543. The van der Waals surface area contributed by atoms with Crippen LogP contribution in [0.5, 0.6) is 0 Å². The lowest BCUT2D eigenvalue weighted by Crippen LogP contribution is -2.12. The fourth-order valence-corrected chi connectivity index (χ4v) is 1.57. The first-order chi connectivity index (χ1) is 8.59. The third-order valence-electron chi connectivity index (χ3n) is 2.38. The van der Waals surface area contributed by atoms with Gasteiger partial charge in [0, 0.05) is 11.5 Å². The van der Waals surface area contributed by atoms with Gasteiger partial charge < -0.3 is 4.42 Å². The molecule has 0 bridgehead atoms. The maximum atomic E-state index is 12.6. The Bertz CT molecular complexity index is 680. The number of benzene rings is 1. The number of fused-ring (bicyclic) bond motifs is 1. The fraction of sp³-hybridized carbons (Fsp3) is 0.182. The van der Waals surface area contributed by atoms with Crippen molar-refractivity contribution in [1.29, 1.82) is 0 Å². The van der Waals surface area contributed by atoms with Crippen molar-refractivity contribution >= 4 is 11.0 Å². The van der Waals surface area contributed by atoms with Gasteiger partial charge in [0.2, 0.25) is 0 Å². The van der Waals surface area contributed by atoms with Crippen molar-refractivity contribution in [2.75, 3.05) is 0 Å². The molecule has 8 heteroatoms. The summed E-state index contributed by atoms with van der Waals surface area (Å²) in [5.74, 6) is 0. The van der Waals surface area contributed by atoms with Crippen molar-refractivity contribution in [3.8, 4) is 0 Å². The van der Waals surface area contributed by atoms with Gasteiger partial charge in [-0.3, -0.25) is 0 Å². The highest BCUT2D eigenvalue weighted by Gasteiger charge is 2.35. The van der Waals surface area contributed by atoms with Gasteiger partial charge in [0.1, 0.15) is 5.58 Å². The minimum Gasteiger partial charge on any atom is -0.423 e. The summed E-state index contributed by atoms with van der Waals surface area (Å²) in [7, 11) is 0. The zero-order valence-electron chi connectivity index (χ0n) is 8.89. The van der Waals surface area contributed by atoms with E-state index in [1.807, 2.05) is 0 Å². The molecule has 0 aliphatic heterocycles. The Morgan fingerprint density at radius 1 is 0.895 bits per heavy atom. The van der Waals surface area contributed by atoms with E-state index in [1.165, 1.54) is 0 Å². The summed E-state index contributed by atoms with van der Waals surface area (Å²) in [5.41, 5.74) is -4.64. The van der Waals surface area contributed by atoms with Gasteiger partial charge >= 0.3 is 18.0 Å². The van der Waals surface area contributed by atoms with E-state index in [2.05, 4.69) is 4.42 Å². The normalized spacial score (nSPS) is 12.9. The van der Waals surface area contributed by atoms with E-state index >= 15 is 0 Å². The van der Waals surface area contributed by atoms with Crippen LogP contribution in [0.25, 0.3) is 11.0 Å². The van der Waals surface area contributed by atoms with E-state index in [-0.39, 0.29) is 6.07 Å². The fourth-order valence-electron chi connectivity index (χ4n) is 1.57. The summed E-state index contributed by atoms with van der Waals surface area (Å²) in [6.45, 7) is 0. The van der Waals surface area contributed by atoms with Crippen LogP contribution in [-0.4, -0.2) is 0 Å². The molecular formula is C11H4F6O2. The minimum absolute atomic E-state index is 0.204. The Balaban J connectivity index is 2.80. The summed E-state index contributed by atoms with van der Waals surface area (Å²) >= 11 is 0. The zero-order valence-corrected chi connectivity index (χ0v) is 8.89. The van der Waals surface area contributed by atoms with Crippen LogP contribution >= 0.6 is 0 Å². The lowest BCUT2D eigenvalue weighted by molar-refractivity contribution is -0.137. The smallest absolute Gasteiger partial charge is 0.417 e. The minimum atomic E-state index is -4.85. The lowest BCUT2D eigenvalue weighted by Gasteiger charge is -2.11. The number of alkyl halides is 6. The zero-order chi connectivity index (χ0) is 14.4. The van der Waals surface area contributed by atoms with E-state index in [1.54, 1.807) is 0 Å². The van der Waals surface area contributed by atoms with Gasteiger partial charge in [-0.15, -0.1) is 0 Å². The van der Waals surface area contributed by atoms with Crippen LogP contribution in [0, 0.1) is 0 Å². The molecule has 2 rings (SSSR count). The average molecular weight is 282 g/mol. The summed E-state index contributed by atoms with van der Waals surface area (Å²) in [4.78, 5) is 11.0. The molecule has 2 nitrogen and oxygen atoms in total. The van der Waals surface area contributed by atoms with Gasteiger partial charge in [-0.1, -0.05) is 6.07 Å². The van der Waals surface area contributed by atoms with Crippen molar-refractivity contribution in [2.45, 2.75) is 12.4 Å². The monoisotopic (exact) mass is 282 g/mol. The molecule has 0 unspecified atom stereocenters. The van der Waals surface area contributed by atoms with Crippen LogP contribution < -0.4 is 5.63 Å². The predicted octanol–water partition coefficient (Wildman–Crippen LogP) is 3.83. The number of hydrogen-bond donors (Lipinski definition) is 0. The van der Waals surface area contributed by atoms with Crippen LogP contribution in [0.15, 0.2) is 33.5 Å². The summed E-state index contributed by atoms with van der Waals surface area (Å²) in [5, 5.41) is -0.597. The van der Waals surface area contributed by atoms with Gasteiger partial charge in [0.15, 0.2) is 0 Å². The second-order valence-corrected chi connectivity index (χ2v) is 3.69. The van der Waals surface area contributed by atoms with E-state index in [4.69, 9.17) is 0 Å². The van der Waals surface area contributed by atoms with Crippen molar-refractivity contribution in [3.05, 3.63) is 45.8 Å². The van der Waals surface area contributed by atoms with Gasteiger partial charge in [-0.05, 0) is 12.1 Å². The third kappa shape index (κ3) is 2.56. The molecule has 0 saturated carbocycles. The Hall–Kier alpha value is -1.99. The SMILES string of the molecule is O=c1cc(C(F)(F)F)c2ccc(C(F)(F)F)cc2o1. The van der Waals surface area contributed by atoms with Crippen molar-refractivity contribution < 1.29 is 30.8 Å². The van der Waals surface area contributed by atoms with Crippen molar-refractivity contribution in [2.24, 2.45) is 0 Å². The van der Waals surface area contributed by atoms with E-state index < -0.39 is 40.1 Å². The highest BCUT2D eigenvalue weighted by Crippen LogP contribution is 2.36. The Morgan fingerprint density at radius 3 is 2.05 bits per heavy atom. The van der Waals surface area contributed by atoms with Gasteiger partial charge in [0.05, 0.1) is 11.1 Å².